The molecule has 0 spiro atoms. The molecule has 5 heteroatoms. The Morgan fingerprint density at radius 1 is 0.960 bits per heavy atom. The van der Waals surface area contributed by atoms with Crippen LogP contribution < -0.4 is 5.32 Å². The number of hydrogen-bond donors (Lipinski definition) is 1. The Labute approximate surface area is 148 Å². The van der Waals surface area contributed by atoms with E-state index >= 15 is 0 Å². The van der Waals surface area contributed by atoms with Crippen molar-refractivity contribution in [2.45, 2.75) is 26.4 Å². The van der Waals surface area contributed by atoms with E-state index in [0.29, 0.717) is 0 Å². The highest BCUT2D eigenvalue weighted by Gasteiger charge is 2.12. The lowest BCUT2D eigenvalue weighted by atomic mass is 10.2. The Kier molecular flexibility index (Phi) is 4.76. The number of hydrogen-bond acceptors (Lipinski definition) is 4. The number of rotatable bonds is 5. The van der Waals surface area contributed by atoms with E-state index in [2.05, 4.69) is 64.3 Å². The molecule has 5 nitrogen and oxygen atoms in total. The van der Waals surface area contributed by atoms with Gasteiger partial charge in [-0.1, -0.05) is 31.2 Å². The topological polar surface area (TPSA) is 46.0 Å². The van der Waals surface area contributed by atoms with Crippen molar-refractivity contribution in [3.8, 4) is 0 Å². The number of para-hydroxylation sites is 1. The minimum atomic E-state index is 0.718. The molecule has 1 N–H and O–H groups in total. The summed E-state index contributed by atoms with van der Waals surface area (Å²) in [5.74, 6) is 0. The first-order valence-electron chi connectivity index (χ1n) is 9.16. The molecule has 1 saturated heterocycles. The minimum absolute atomic E-state index is 0.718. The van der Waals surface area contributed by atoms with Gasteiger partial charge in [-0.3, -0.25) is 14.6 Å². The summed E-state index contributed by atoms with van der Waals surface area (Å²) < 4.78 is 2.09. The number of pyridine rings is 1. The molecule has 0 amide bonds. The molecule has 0 saturated carbocycles. The van der Waals surface area contributed by atoms with E-state index in [0.717, 1.165) is 62.8 Å². The number of aromatic nitrogens is 3. The predicted molar refractivity (Wildman–Crippen MR) is 101 cm³/mol. The molecule has 0 atom stereocenters. The average molecular weight is 335 g/mol. The molecule has 1 aromatic carbocycles. The minimum Gasteiger partial charge on any atom is -0.314 e. The van der Waals surface area contributed by atoms with Crippen molar-refractivity contribution in [2.24, 2.45) is 0 Å². The maximum Gasteiger partial charge on any atom is 0.0838 e. The number of benzene rings is 1. The molecule has 1 aliphatic rings. The fourth-order valence-electron chi connectivity index (χ4n) is 3.54. The smallest absolute Gasteiger partial charge is 0.0838 e. The zero-order valence-electron chi connectivity index (χ0n) is 14.8. The van der Waals surface area contributed by atoms with Crippen LogP contribution in [0.2, 0.25) is 0 Å². The molecule has 0 bridgehead atoms. The van der Waals surface area contributed by atoms with Crippen molar-refractivity contribution >= 4 is 10.9 Å². The summed E-state index contributed by atoms with van der Waals surface area (Å²) in [7, 11) is 0. The maximum absolute atomic E-state index is 4.88. The standard InChI is InChI=1S/C20H25N5/c1-2-19-18-8-3-4-9-20(18)25(23-19)15-17-7-5-6-16(22-17)14-24-12-10-21-11-13-24/h3-9,21H,2,10-15H2,1H3. The van der Waals surface area contributed by atoms with Crippen LogP contribution in [0.1, 0.15) is 24.0 Å². The third-order valence-electron chi connectivity index (χ3n) is 4.84. The zero-order chi connectivity index (χ0) is 17.1. The maximum atomic E-state index is 4.88. The van der Waals surface area contributed by atoms with Gasteiger partial charge in [-0.2, -0.15) is 5.10 Å². The van der Waals surface area contributed by atoms with E-state index in [-0.39, 0.29) is 0 Å². The predicted octanol–water partition coefficient (Wildman–Crippen LogP) is 2.45. The van der Waals surface area contributed by atoms with Crippen LogP contribution in [-0.2, 0) is 19.5 Å². The summed E-state index contributed by atoms with van der Waals surface area (Å²) in [5.41, 5.74) is 4.57. The summed E-state index contributed by atoms with van der Waals surface area (Å²) >= 11 is 0. The Morgan fingerprint density at radius 2 is 1.72 bits per heavy atom. The number of piperazine rings is 1. The zero-order valence-corrected chi connectivity index (χ0v) is 14.8. The van der Waals surface area contributed by atoms with Gasteiger partial charge in [0.15, 0.2) is 0 Å². The van der Waals surface area contributed by atoms with Gasteiger partial charge in [-0.05, 0) is 24.6 Å². The van der Waals surface area contributed by atoms with Crippen molar-refractivity contribution in [2.75, 3.05) is 26.2 Å². The van der Waals surface area contributed by atoms with Crippen molar-refractivity contribution in [1.29, 1.82) is 0 Å². The van der Waals surface area contributed by atoms with Crippen LogP contribution in [0.3, 0.4) is 0 Å². The molecule has 3 heterocycles. The lowest BCUT2D eigenvalue weighted by molar-refractivity contribution is 0.230. The van der Waals surface area contributed by atoms with Gasteiger partial charge in [-0.15, -0.1) is 0 Å². The molecule has 1 aliphatic heterocycles. The second kappa shape index (κ2) is 7.33. The highest BCUT2D eigenvalue weighted by atomic mass is 15.3. The van der Waals surface area contributed by atoms with E-state index in [9.17, 15) is 0 Å². The van der Waals surface area contributed by atoms with Gasteiger partial charge in [0.2, 0.25) is 0 Å². The third-order valence-corrected chi connectivity index (χ3v) is 4.84. The highest BCUT2D eigenvalue weighted by Crippen LogP contribution is 2.19. The first-order valence-corrected chi connectivity index (χ1v) is 9.16. The fraction of sp³-hybridized carbons (Fsp3) is 0.400. The number of nitrogens with one attached hydrogen (secondary N) is 1. The molecule has 25 heavy (non-hydrogen) atoms. The Hall–Kier alpha value is -2.24. The highest BCUT2D eigenvalue weighted by molar-refractivity contribution is 5.82. The molecule has 0 unspecified atom stereocenters. The van der Waals surface area contributed by atoms with E-state index in [1.807, 2.05) is 0 Å². The van der Waals surface area contributed by atoms with Gasteiger partial charge in [0.25, 0.3) is 0 Å². The fourth-order valence-corrected chi connectivity index (χ4v) is 3.54. The second-order valence-electron chi connectivity index (χ2n) is 6.62. The van der Waals surface area contributed by atoms with Crippen molar-refractivity contribution in [1.82, 2.24) is 25.0 Å². The van der Waals surface area contributed by atoms with E-state index < -0.39 is 0 Å². The summed E-state index contributed by atoms with van der Waals surface area (Å²) in [6.45, 7) is 8.12. The van der Waals surface area contributed by atoms with Crippen LogP contribution in [-0.4, -0.2) is 45.8 Å². The second-order valence-corrected chi connectivity index (χ2v) is 6.62. The molecular weight excluding hydrogens is 310 g/mol. The van der Waals surface area contributed by atoms with Crippen molar-refractivity contribution in [3.63, 3.8) is 0 Å². The largest absolute Gasteiger partial charge is 0.314 e. The summed E-state index contributed by atoms with van der Waals surface area (Å²) in [5, 5.41) is 9.45. The lowest BCUT2D eigenvalue weighted by Crippen LogP contribution is -2.43. The molecule has 0 radical (unpaired) electrons. The normalized spacial score (nSPS) is 15.7. The van der Waals surface area contributed by atoms with Crippen LogP contribution in [0.25, 0.3) is 10.9 Å². The SMILES string of the molecule is CCc1nn(Cc2cccc(CN3CCNCC3)n2)c2ccccc12. The van der Waals surface area contributed by atoms with E-state index in [1.54, 1.807) is 0 Å². The Bertz CT molecular complexity index is 848. The Morgan fingerprint density at radius 3 is 2.52 bits per heavy atom. The van der Waals surface area contributed by atoms with Gasteiger partial charge >= 0.3 is 0 Å². The van der Waals surface area contributed by atoms with Gasteiger partial charge < -0.3 is 5.32 Å². The van der Waals surface area contributed by atoms with Crippen molar-refractivity contribution in [3.05, 3.63) is 59.5 Å². The first-order chi connectivity index (χ1) is 12.3. The number of aryl methyl sites for hydroxylation is 1. The van der Waals surface area contributed by atoms with Crippen LogP contribution in [0.5, 0.6) is 0 Å². The van der Waals surface area contributed by atoms with Crippen LogP contribution in [0, 0.1) is 0 Å². The first kappa shape index (κ1) is 16.2. The lowest BCUT2D eigenvalue weighted by Gasteiger charge is -2.26. The van der Waals surface area contributed by atoms with Gasteiger partial charge in [0.1, 0.15) is 0 Å². The molecule has 0 aliphatic carbocycles. The molecular formula is C20H25N5. The third kappa shape index (κ3) is 3.57. The van der Waals surface area contributed by atoms with E-state index in [1.165, 1.54) is 10.9 Å². The molecule has 4 rings (SSSR count). The number of fused-ring (bicyclic) bond motifs is 1. The molecule has 1 fully saturated rings. The monoisotopic (exact) mass is 335 g/mol. The van der Waals surface area contributed by atoms with Crippen LogP contribution >= 0.6 is 0 Å². The molecule has 130 valence electrons. The van der Waals surface area contributed by atoms with Crippen LogP contribution in [0.4, 0.5) is 0 Å². The van der Waals surface area contributed by atoms with E-state index in [4.69, 9.17) is 10.1 Å². The van der Waals surface area contributed by atoms with Gasteiger partial charge in [-0.25, -0.2) is 0 Å². The van der Waals surface area contributed by atoms with Gasteiger partial charge in [0, 0.05) is 38.1 Å². The molecule has 2 aromatic heterocycles. The Balaban J connectivity index is 1.56. The number of nitrogens with zero attached hydrogens (tertiary/aromatic N) is 4. The van der Waals surface area contributed by atoms with Crippen molar-refractivity contribution < 1.29 is 0 Å². The van der Waals surface area contributed by atoms with Gasteiger partial charge in [0.05, 0.1) is 29.1 Å². The average Bonchev–Trinajstić information content (AvgIpc) is 3.01. The summed E-state index contributed by atoms with van der Waals surface area (Å²) in [6.07, 6.45) is 0.948. The summed E-state index contributed by atoms with van der Waals surface area (Å²) in [6, 6.07) is 14.8. The molecule has 3 aromatic rings. The summed E-state index contributed by atoms with van der Waals surface area (Å²) in [4.78, 5) is 7.34. The quantitative estimate of drug-likeness (QED) is 0.778. The van der Waals surface area contributed by atoms with Crippen LogP contribution in [0.15, 0.2) is 42.5 Å².